The van der Waals surface area contributed by atoms with Gasteiger partial charge < -0.3 is 0 Å². The van der Waals surface area contributed by atoms with Crippen LogP contribution >= 0.6 is 23.2 Å². The van der Waals surface area contributed by atoms with Crippen LogP contribution in [0.4, 0.5) is 0 Å². The normalized spacial score (nSPS) is 11.6. The van der Waals surface area contributed by atoms with Crippen molar-refractivity contribution in [2.75, 3.05) is 0 Å². The smallest absolute Gasteiger partial charge is 0.264 e. The zero-order valence-electron chi connectivity index (χ0n) is 18.4. The molecule has 0 saturated carbocycles. The maximum atomic E-state index is 12.6. The fourth-order valence-electron chi connectivity index (χ4n) is 3.45. The Labute approximate surface area is 213 Å². The fraction of sp³-hybridized carbons (Fsp3) is 0.0769. The Bertz CT molecular complexity index is 1450. The van der Waals surface area contributed by atoms with Crippen molar-refractivity contribution in [3.63, 3.8) is 0 Å². The van der Waals surface area contributed by atoms with Gasteiger partial charge in [0.05, 0.1) is 16.3 Å². The van der Waals surface area contributed by atoms with Crippen molar-refractivity contribution >= 4 is 45.2 Å². The molecule has 0 saturated heterocycles. The molecule has 0 spiro atoms. The van der Waals surface area contributed by atoms with Gasteiger partial charge in [0.2, 0.25) is 0 Å². The van der Waals surface area contributed by atoms with E-state index < -0.39 is 15.9 Å². The summed E-state index contributed by atoms with van der Waals surface area (Å²) in [6.45, 7) is 0. The van der Waals surface area contributed by atoms with Crippen LogP contribution in [0, 0.1) is 0 Å². The Morgan fingerprint density at radius 2 is 1.54 bits per heavy atom. The number of sulfonamides is 1. The Balaban J connectivity index is 1.55. The van der Waals surface area contributed by atoms with Gasteiger partial charge >= 0.3 is 0 Å². The first-order chi connectivity index (χ1) is 16.8. The van der Waals surface area contributed by atoms with Crippen molar-refractivity contribution in [2.45, 2.75) is 17.7 Å². The molecule has 0 fully saturated rings. The highest BCUT2D eigenvalue weighted by molar-refractivity contribution is 7.90. The molecule has 0 aliphatic rings. The number of aryl methyl sites for hydroxylation is 2. The number of carbonyl (C=O) groups is 1. The van der Waals surface area contributed by atoms with E-state index in [-0.39, 0.29) is 14.9 Å². The number of amides is 1. The van der Waals surface area contributed by atoms with E-state index in [2.05, 4.69) is 0 Å². The largest absolute Gasteiger partial charge is 0.269 e. The molecule has 0 radical (unpaired) electrons. The zero-order valence-corrected chi connectivity index (χ0v) is 20.8. The molecule has 35 heavy (non-hydrogen) atoms. The average Bonchev–Trinajstić information content (AvgIpc) is 3.25. The number of halogens is 2. The summed E-state index contributed by atoms with van der Waals surface area (Å²) >= 11 is 11.8. The minimum absolute atomic E-state index is 0.150. The Morgan fingerprint density at radius 3 is 2.20 bits per heavy atom. The predicted molar refractivity (Wildman–Crippen MR) is 138 cm³/mol. The van der Waals surface area contributed by atoms with Gasteiger partial charge in [-0.05, 0) is 54.8 Å². The molecule has 178 valence electrons. The number of aromatic nitrogens is 2. The van der Waals surface area contributed by atoms with E-state index in [1.807, 2.05) is 71.6 Å². The van der Waals surface area contributed by atoms with Gasteiger partial charge in [-0.3, -0.25) is 4.79 Å². The highest BCUT2D eigenvalue weighted by Crippen LogP contribution is 2.22. The van der Waals surface area contributed by atoms with Crippen LogP contribution < -0.4 is 4.72 Å². The van der Waals surface area contributed by atoms with E-state index in [1.54, 1.807) is 10.8 Å². The summed E-state index contributed by atoms with van der Waals surface area (Å²) in [6.07, 6.45) is 5.95. The molecule has 0 atom stereocenters. The van der Waals surface area contributed by atoms with Crippen molar-refractivity contribution in [2.24, 2.45) is 0 Å². The van der Waals surface area contributed by atoms with E-state index >= 15 is 0 Å². The molecule has 0 aliphatic heterocycles. The molecule has 1 N–H and O–H groups in total. The van der Waals surface area contributed by atoms with E-state index in [0.29, 0.717) is 12.0 Å². The van der Waals surface area contributed by atoms with E-state index in [0.717, 1.165) is 17.8 Å². The summed E-state index contributed by atoms with van der Waals surface area (Å²) in [5.74, 6) is -0.803. The van der Waals surface area contributed by atoms with Crippen molar-refractivity contribution in [1.82, 2.24) is 14.5 Å². The first-order valence-corrected chi connectivity index (χ1v) is 12.9. The van der Waals surface area contributed by atoms with Crippen LogP contribution in [0.1, 0.15) is 16.8 Å². The molecule has 9 heteroatoms. The minimum Gasteiger partial charge on any atom is -0.269 e. The summed E-state index contributed by atoms with van der Waals surface area (Å²) in [7, 11) is -4.14. The number of hydrogen-bond donors (Lipinski definition) is 1. The van der Waals surface area contributed by atoms with E-state index in [4.69, 9.17) is 28.3 Å². The summed E-state index contributed by atoms with van der Waals surface area (Å²) < 4.78 is 28.9. The van der Waals surface area contributed by atoms with Crippen molar-refractivity contribution in [3.05, 3.63) is 118 Å². The lowest BCUT2D eigenvalue weighted by molar-refractivity contribution is -0.114. The van der Waals surface area contributed by atoms with Crippen LogP contribution in [-0.4, -0.2) is 24.1 Å². The van der Waals surface area contributed by atoms with Crippen molar-refractivity contribution in [3.8, 4) is 5.69 Å². The van der Waals surface area contributed by atoms with Crippen LogP contribution in [0.5, 0.6) is 0 Å². The lowest BCUT2D eigenvalue weighted by atomic mass is 10.1. The quantitative estimate of drug-likeness (QED) is 0.308. The number of rotatable bonds is 8. The van der Waals surface area contributed by atoms with Gasteiger partial charge in [-0.15, -0.1) is 0 Å². The van der Waals surface area contributed by atoms with Crippen LogP contribution in [0.25, 0.3) is 11.8 Å². The molecular formula is C26H21Cl2N3O3S. The summed E-state index contributed by atoms with van der Waals surface area (Å²) in [5, 5.41) is 5.00. The first kappa shape index (κ1) is 24.7. The topological polar surface area (TPSA) is 81.1 Å². The Kier molecular flexibility index (Phi) is 7.70. The molecule has 4 aromatic rings. The van der Waals surface area contributed by atoms with Gasteiger partial charge in [-0.2, -0.15) is 5.10 Å². The number of nitrogens with one attached hydrogen (secondary N) is 1. The van der Waals surface area contributed by atoms with Gasteiger partial charge in [-0.25, -0.2) is 17.8 Å². The maximum Gasteiger partial charge on any atom is 0.264 e. The SMILES string of the molecule is O=C(/C=C/c1cn(-c2ccccc2)nc1CCc1ccccc1)NS(=O)(=O)c1cc(Cl)cc(Cl)c1. The third kappa shape index (κ3) is 6.60. The van der Waals surface area contributed by atoms with Crippen molar-refractivity contribution in [1.29, 1.82) is 0 Å². The number of hydrogen-bond acceptors (Lipinski definition) is 4. The molecule has 0 aliphatic carbocycles. The van der Waals surface area contributed by atoms with Crippen LogP contribution in [0.2, 0.25) is 10.0 Å². The molecule has 1 heterocycles. The lowest BCUT2D eigenvalue weighted by Crippen LogP contribution is -2.29. The third-order valence-corrected chi connectivity index (χ3v) is 6.90. The Hall–Kier alpha value is -3.39. The second-order valence-electron chi connectivity index (χ2n) is 7.71. The third-order valence-electron chi connectivity index (χ3n) is 5.13. The highest BCUT2D eigenvalue weighted by atomic mass is 35.5. The van der Waals surface area contributed by atoms with Gasteiger partial charge in [0.15, 0.2) is 0 Å². The lowest BCUT2D eigenvalue weighted by Gasteiger charge is -2.06. The van der Waals surface area contributed by atoms with E-state index in [9.17, 15) is 13.2 Å². The molecule has 4 rings (SSSR count). The van der Waals surface area contributed by atoms with Gasteiger partial charge in [0.25, 0.3) is 15.9 Å². The number of para-hydroxylation sites is 1. The predicted octanol–water partition coefficient (Wildman–Crippen LogP) is 5.48. The second-order valence-corrected chi connectivity index (χ2v) is 10.3. The standard InChI is InChI=1S/C26H21Cl2N3O3S/c27-21-15-22(28)17-24(16-21)35(33,34)30-26(32)14-12-20-18-31(23-9-5-2-6-10-23)29-25(20)13-11-19-7-3-1-4-8-19/h1-10,12,14-18H,11,13H2,(H,30,32)/b14-12+. The van der Waals surface area contributed by atoms with Crippen LogP contribution in [-0.2, 0) is 27.7 Å². The Morgan fingerprint density at radius 1 is 0.914 bits per heavy atom. The fourth-order valence-corrected chi connectivity index (χ4v) is 5.12. The molecule has 3 aromatic carbocycles. The molecule has 1 aromatic heterocycles. The summed E-state index contributed by atoms with van der Waals surface area (Å²) in [5.41, 5.74) is 3.54. The van der Waals surface area contributed by atoms with E-state index in [1.165, 1.54) is 29.8 Å². The van der Waals surface area contributed by atoms with Gasteiger partial charge in [0, 0.05) is 27.9 Å². The highest BCUT2D eigenvalue weighted by Gasteiger charge is 2.18. The molecule has 0 bridgehead atoms. The zero-order chi connectivity index (χ0) is 24.8. The number of nitrogens with zero attached hydrogens (tertiary/aromatic N) is 2. The minimum atomic E-state index is -4.14. The number of carbonyl (C=O) groups excluding carboxylic acids is 1. The van der Waals surface area contributed by atoms with Gasteiger partial charge in [-0.1, -0.05) is 71.7 Å². The van der Waals surface area contributed by atoms with Crippen LogP contribution in [0.15, 0.2) is 96.0 Å². The molecule has 0 unspecified atom stereocenters. The maximum absolute atomic E-state index is 12.6. The average molecular weight is 526 g/mol. The molecule has 6 nitrogen and oxygen atoms in total. The first-order valence-electron chi connectivity index (χ1n) is 10.7. The van der Waals surface area contributed by atoms with Gasteiger partial charge in [0.1, 0.15) is 0 Å². The molecular weight excluding hydrogens is 505 g/mol. The summed E-state index contributed by atoms with van der Waals surface area (Å²) in [4.78, 5) is 12.3. The second kappa shape index (κ2) is 10.9. The van der Waals surface area contributed by atoms with Crippen molar-refractivity contribution < 1.29 is 13.2 Å². The van der Waals surface area contributed by atoms with Crippen LogP contribution in [0.3, 0.4) is 0 Å². The monoisotopic (exact) mass is 525 g/mol. The number of benzene rings is 3. The molecule has 1 amide bonds. The summed E-state index contributed by atoms with van der Waals surface area (Å²) in [6, 6.07) is 23.5.